The van der Waals surface area contributed by atoms with Crippen molar-refractivity contribution in [3.8, 4) is 0 Å². The van der Waals surface area contributed by atoms with Gasteiger partial charge in [0.05, 0.1) is 6.42 Å². The summed E-state index contributed by atoms with van der Waals surface area (Å²) in [4.78, 5) is 56.8. The number of aliphatic imine (C=N–C) groups is 1. The van der Waals surface area contributed by atoms with Crippen LogP contribution in [0.25, 0.3) is 0 Å². The first-order chi connectivity index (χ1) is 15.8. The second-order valence-electron chi connectivity index (χ2n) is 9.33. The van der Waals surface area contributed by atoms with Gasteiger partial charge in [-0.05, 0) is 31.6 Å². The molecule has 1 saturated heterocycles. The van der Waals surface area contributed by atoms with Crippen molar-refractivity contribution in [1.29, 1.82) is 0 Å². The van der Waals surface area contributed by atoms with Gasteiger partial charge in [0.25, 0.3) is 5.91 Å². The van der Waals surface area contributed by atoms with Crippen LogP contribution in [-0.2, 0) is 19.2 Å². The van der Waals surface area contributed by atoms with Gasteiger partial charge >= 0.3 is 12.1 Å². The van der Waals surface area contributed by atoms with Crippen molar-refractivity contribution in [2.75, 3.05) is 20.1 Å². The number of likely N-dealkylation sites (tertiary alicyclic amines) is 1. The Balaban J connectivity index is 2.25. The molecule has 1 aliphatic carbocycles. The first-order valence-electron chi connectivity index (χ1n) is 11.5. The molecular formula is C22H33F3N4O5. The van der Waals surface area contributed by atoms with Crippen LogP contribution in [0.1, 0.15) is 58.8 Å². The SMILES string of the molecule is CC(C)[C@@H](C(=O)N[C@@H](CC(=O)O)C(=O)N1CCCC1)N(C)C(=O)C1(/N=C/C(F)(F)F)CCCC1. The Morgan fingerprint density at radius 1 is 1.12 bits per heavy atom. The number of likely N-dealkylation sites (N-methyl/N-ethyl adjacent to an activating group) is 1. The molecule has 1 aliphatic heterocycles. The number of alkyl halides is 3. The third-order valence-electron chi connectivity index (χ3n) is 6.34. The van der Waals surface area contributed by atoms with Crippen LogP contribution in [0.3, 0.4) is 0 Å². The number of amides is 3. The summed E-state index contributed by atoms with van der Waals surface area (Å²) in [5.74, 6) is -3.69. The van der Waals surface area contributed by atoms with Gasteiger partial charge in [-0.3, -0.25) is 24.2 Å². The Morgan fingerprint density at radius 2 is 1.68 bits per heavy atom. The van der Waals surface area contributed by atoms with Crippen molar-refractivity contribution in [3.63, 3.8) is 0 Å². The molecule has 0 unspecified atom stereocenters. The molecule has 1 saturated carbocycles. The van der Waals surface area contributed by atoms with E-state index in [0.29, 0.717) is 25.9 Å². The number of nitrogens with zero attached hydrogens (tertiary/aromatic N) is 3. The number of carbonyl (C=O) groups is 4. The molecule has 1 heterocycles. The quantitative estimate of drug-likeness (QED) is 0.479. The number of nitrogens with one attached hydrogen (secondary N) is 1. The lowest BCUT2D eigenvalue weighted by Crippen LogP contribution is -2.59. The summed E-state index contributed by atoms with van der Waals surface area (Å²) in [6.45, 7) is 4.25. The van der Waals surface area contributed by atoms with Crippen molar-refractivity contribution in [2.24, 2.45) is 10.9 Å². The third kappa shape index (κ3) is 6.92. The summed E-state index contributed by atoms with van der Waals surface area (Å²) in [5, 5.41) is 11.7. The highest BCUT2D eigenvalue weighted by Gasteiger charge is 2.46. The normalized spacial score (nSPS) is 19.9. The predicted molar refractivity (Wildman–Crippen MR) is 117 cm³/mol. The Labute approximate surface area is 196 Å². The lowest BCUT2D eigenvalue weighted by molar-refractivity contribution is -0.147. The van der Waals surface area contributed by atoms with Gasteiger partial charge in [0, 0.05) is 20.1 Å². The van der Waals surface area contributed by atoms with Crippen LogP contribution in [0.2, 0.25) is 0 Å². The monoisotopic (exact) mass is 490 g/mol. The van der Waals surface area contributed by atoms with E-state index >= 15 is 0 Å². The second kappa shape index (κ2) is 11.2. The van der Waals surface area contributed by atoms with E-state index in [0.717, 1.165) is 17.7 Å². The van der Waals surface area contributed by atoms with E-state index in [-0.39, 0.29) is 19.1 Å². The third-order valence-corrected chi connectivity index (χ3v) is 6.34. The number of rotatable bonds is 9. The van der Waals surface area contributed by atoms with Crippen LogP contribution in [0.15, 0.2) is 4.99 Å². The zero-order chi connectivity index (χ0) is 25.7. The fraction of sp³-hybridized carbons (Fsp3) is 0.773. The van der Waals surface area contributed by atoms with Crippen molar-refractivity contribution in [1.82, 2.24) is 15.1 Å². The first kappa shape index (κ1) is 27.6. The summed E-state index contributed by atoms with van der Waals surface area (Å²) in [6, 6.07) is -2.44. The van der Waals surface area contributed by atoms with Gasteiger partial charge in [0.15, 0.2) is 0 Å². The fourth-order valence-corrected chi connectivity index (χ4v) is 4.72. The average Bonchev–Trinajstić information content (AvgIpc) is 3.42. The minimum atomic E-state index is -4.68. The van der Waals surface area contributed by atoms with Crippen LogP contribution < -0.4 is 5.32 Å². The summed E-state index contributed by atoms with van der Waals surface area (Å²) >= 11 is 0. The molecule has 2 atom stereocenters. The lowest BCUT2D eigenvalue weighted by Gasteiger charge is -2.36. The number of carbonyl (C=O) groups excluding carboxylic acids is 3. The minimum absolute atomic E-state index is 0.129. The summed E-state index contributed by atoms with van der Waals surface area (Å²) in [7, 11) is 1.32. The molecule has 0 aromatic rings. The molecule has 2 fully saturated rings. The molecule has 9 nitrogen and oxygen atoms in total. The van der Waals surface area contributed by atoms with Gasteiger partial charge in [-0.15, -0.1) is 0 Å². The summed E-state index contributed by atoms with van der Waals surface area (Å²) in [5.41, 5.74) is -1.61. The molecule has 0 spiro atoms. The maximum atomic E-state index is 13.3. The molecule has 2 aliphatic rings. The highest BCUT2D eigenvalue weighted by Crippen LogP contribution is 2.36. The molecule has 0 aromatic carbocycles. The highest BCUT2D eigenvalue weighted by atomic mass is 19.4. The number of carboxylic acids is 1. The highest BCUT2D eigenvalue weighted by molar-refractivity contribution is 5.96. The zero-order valence-corrected chi connectivity index (χ0v) is 19.7. The first-order valence-corrected chi connectivity index (χ1v) is 11.5. The Kier molecular flexibility index (Phi) is 9.07. The van der Waals surface area contributed by atoms with E-state index in [1.165, 1.54) is 11.9 Å². The Morgan fingerprint density at radius 3 is 2.15 bits per heavy atom. The van der Waals surface area contributed by atoms with Crippen molar-refractivity contribution >= 4 is 29.9 Å². The molecule has 192 valence electrons. The maximum absolute atomic E-state index is 13.3. The van der Waals surface area contributed by atoms with E-state index in [2.05, 4.69) is 10.3 Å². The molecule has 2 N–H and O–H groups in total. The van der Waals surface area contributed by atoms with Crippen LogP contribution in [0.4, 0.5) is 13.2 Å². The average molecular weight is 491 g/mol. The van der Waals surface area contributed by atoms with Gasteiger partial charge in [-0.2, -0.15) is 13.2 Å². The fourth-order valence-electron chi connectivity index (χ4n) is 4.72. The molecule has 0 aromatic heterocycles. The number of halogens is 3. The van der Waals surface area contributed by atoms with Crippen LogP contribution >= 0.6 is 0 Å². The van der Waals surface area contributed by atoms with Crippen molar-refractivity contribution < 1.29 is 37.5 Å². The molecule has 0 bridgehead atoms. The minimum Gasteiger partial charge on any atom is -0.481 e. The molecule has 34 heavy (non-hydrogen) atoms. The molecule has 0 radical (unpaired) electrons. The predicted octanol–water partition coefficient (Wildman–Crippen LogP) is 2.00. The van der Waals surface area contributed by atoms with E-state index in [9.17, 15) is 37.5 Å². The molecule has 3 amide bonds. The van der Waals surface area contributed by atoms with Gasteiger partial charge in [0.2, 0.25) is 11.8 Å². The van der Waals surface area contributed by atoms with E-state index in [1.54, 1.807) is 13.8 Å². The van der Waals surface area contributed by atoms with Crippen molar-refractivity contribution in [3.05, 3.63) is 0 Å². The van der Waals surface area contributed by atoms with Gasteiger partial charge in [0.1, 0.15) is 23.8 Å². The van der Waals surface area contributed by atoms with Gasteiger partial charge in [-0.25, -0.2) is 0 Å². The molecular weight excluding hydrogens is 457 g/mol. The number of hydrogen-bond donors (Lipinski definition) is 2. The lowest BCUT2D eigenvalue weighted by atomic mass is 9.93. The van der Waals surface area contributed by atoms with E-state index < -0.39 is 59.8 Å². The Bertz CT molecular complexity index is 803. The molecule has 12 heteroatoms. The second-order valence-corrected chi connectivity index (χ2v) is 9.33. The van der Waals surface area contributed by atoms with E-state index in [1.807, 2.05) is 0 Å². The van der Waals surface area contributed by atoms with Gasteiger partial charge < -0.3 is 20.2 Å². The summed E-state index contributed by atoms with van der Waals surface area (Å²) in [6.07, 6.45) is -2.60. The standard InChI is InChI=1S/C22H33F3N4O5/c1-14(2)17(18(32)27-15(12-16(30)31)19(33)29-10-6-7-11-29)28(3)20(34)21(8-4-5-9-21)26-13-22(23,24)25/h13-15,17H,4-12H2,1-3H3,(H,27,32)(H,30,31)/b26-13+/t15-,17-/m0/s1. The van der Waals surface area contributed by atoms with Gasteiger partial charge in [-0.1, -0.05) is 26.7 Å². The maximum Gasteiger partial charge on any atom is 0.426 e. The molecule has 2 rings (SSSR count). The van der Waals surface area contributed by atoms with Crippen LogP contribution in [0, 0.1) is 5.92 Å². The number of hydrogen-bond acceptors (Lipinski definition) is 5. The van der Waals surface area contributed by atoms with Crippen LogP contribution in [0.5, 0.6) is 0 Å². The Hall–Kier alpha value is -2.66. The number of aliphatic carboxylic acids is 1. The van der Waals surface area contributed by atoms with Crippen LogP contribution in [-0.4, -0.2) is 88.7 Å². The van der Waals surface area contributed by atoms with E-state index in [4.69, 9.17) is 0 Å². The largest absolute Gasteiger partial charge is 0.481 e. The smallest absolute Gasteiger partial charge is 0.426 e. The number of carboxylic acid groups (broad SMARTS) is 1. The summed E-state index contributed by atoms with van der Waals surface area (Å²) < 4.78 is 38.4. The van der Waals surface area contributed by atoms with Crippen molar-refractivity contribution in [2.45, 2.75) is 82.6 Å². The topological polar surface area (TPSA) is 119 Å². The zero-order valence-electron chi connectivity index (χ0n) is 19.7.